The molecule has 1 fully saturated rings. The molecule has 1 amide bonds. The molecule has 1 aromatic carbocycles. The van der Waals surface area contributed by atoms with E-state index < -0.39 is 5.91 Å². The molecule has 0 aliphatic heterocycles. The van der Waals surface area contributed by atoms with E-state index >= 15 is 0 Å². The summed E-state index contributed by atoms with van der Waals surface area (Å²) >= 11 is 7.50. The van der Waals surface area contributed by atoms with Crippen molar-refractivity contribution >= 4 is 29.3 Å². The van der Waals surface area contributed by atoms with Gasteiger partial charge in [0, 0.05) is 17.6 Å². The molecule has 7 heteroatoms. The van der Waals surface area contributed by atoms with Crippen LogP contribution in [0.2, 0.25) is 5.02 Å². The monoisotopic (exact) mass is 380 g/mol. The molecule has 0 bridgehead atoms. The highest BCUT2D eigenvalue weighted by Crippen LogP contribution is 2.31. The van der Waals surface area contributed by atoms with Crippen molar-refractivity contribution in [3.8, 4) is 5.88 Å². The van der Waals surface area contributed by atoms with Crippen LogP contribution in [0.4, 0.5) is 4.39 Å². The highest BCUT2D eigenvalue weighted by Gasteiger charge is 2.24. The maximum atomic E-state index is 13.8. The summed E-state index contributed by atoms with van der Waals surface area (Å²) in [6.07, 6.45) is 5.60. The number of halogens is 2. The standard InChI is InChI=1S/C18H18ClFN2O2S/c1-25-15-5-4-12(8-14(15)20)9-22-17(23)16-13(19)6-7-21-18(16)24-10-11-2-3-11/h4-8,11H,2-3,9-10H2,1H3,(H,22,23). The van der Waals surface area contributed by atoms with E-state index in [2.05, 4.69) is 10.3 Å². The Morgan fingerprint density at radius 2 is 2.24 bits per heavy atom. The molecule has 2 aromatic rings. The Bertz CT molecular complexity index is 784. The third kappa shape index (κ3) is 4.64. The minimum Gasteiger partial charge on any atom is -0.477 e. The van der Waals surface area contributed by atoms with Crippen LogP contribution < -0.4 is 10.1 Å². The first kappa shape index (κ1) is 18.0. The average molecular weight is 381 g/mol. The number of hydrogen-bond donors (Lipinski definition) is 1. The lowest BCUT2D eigenvalue weighted by Gasteiger charge is -2.12. The molecular weight excluding hydrogens is 363 g/mol. The molecule has 0 atom stereocenters. The zero-order valence-corrected chi connectivity index (χ0v) is 15.3. The summed E-state index contributed by atoms with van der Waals surface area (Å²) in [6, 6.07) is 6.45. The van der Waals surface area contributed by atoms with Crippen molar-refractivity contribution in [2.75, 3.05) is 12.9 Å². The van der Waals surface area contributed by atoms with Crippen LogP contribution in [-0.2, 0) is 6.54 Å². The minimum absolute atomic E-state index is 0.192. The van der Waals surface area contributed by atoms with Gasteiger partial charge in [-0.15, -0.1) is 11.8 Å². The highest BCUT2D eigenvalue weighted by molar-refractivity contribution is 7.98. The van der Waals surface area contributed by atoms with Crippen LogP contribution in [0.15, 0.2) is 35.4 Å². The van der Waals surface area contributed by atoms with E-state index in [0.717, 1.165) is 12.8 Å². The summed E-state index contributed by atoms with van der Waals surface area (Å²) < 4.78 is 19.5. The molecule has 0 spiro atoms. The smallest absolute Gasteiger partial charge is 0.258 e. The third-order valence-corrected chi connectivity index (χ3v) is 5.00. The molecule has 0 unspecified atom stereocenters. The zero-order valence-electron chi connectivity index (χ0n) is 13.7. The summed E-state index contributed by atoms with van der Waals surface area (Å²) in [6.45, 7) is 0.729. The molecule has 1 saturated carbocycles. The number of nitrogens with one attached hydrogen (secondary N) is 1. The molecule has 1 aliphatic rings. The third-order valence-electron chi connectivity index (χ3n) is 3.91. The van der Waals surface area contributed by atoms with Gasteiger partial charge in [0.2, 0.25) is 5.88 Å². The molecule has 1 aliphatic carbocycles. The molecule has 132 valence electrons. The van der Waals surface area contributed by atoms with E-state index in [4.69, 9.17) is 16.3 Å². The fraction of sp³-hybridized carbons (Fsp3) is 0.333. The Morgan fingerprint density at radius 1 is 1.44 bits per heavy atom. The first-order valence-electron chi connectivity index (χ1n) is 7.96. The molecule has 25 heavy (non-hydrogen) atoms. The van der Waals surface area contributed by atoms with Crippen LogP contribution in [0.1, 0.15) is 28.8 Å². The summed E-state index contributed by atoms with van der Waals surface area (Å²) in [7, 11) is 0. The van der Waals surface area contributed by atoms with Gasteiger partial charge in [-0.05, 0) is 48.8 Å². The van der Waals surface area contributed by atoms with Crippen molar-refractivity contribution in [3.63, 3.8) is 0 Å². The summed E-state index contributed by atoms with van der Waals surface area (Å²) in [4.78, 5) is 17.2. The average Bonchev–Trinajstić information content (AvgIpc) is 3.42. The van der Waals surface area contributed by atoms with E-state index in [1.54, 1.807) is 18.2 Å². The van der Waals surface area contributed by atoms with Gasteiger partial charge in [0.05, 0.1) is 11.6 Å². The summed E-state index contributed by atoms with van der Waals surface area (Å²) in [5, 5.41) is 3.03. The van der Waals surface area contributed by atoms with Crippen molar-refractivity contribution in [1.29, 1.82) is 0 Å². The van der Waals surface area contributed by atoms with Crippen LogP contribution in [0, 0.1) is 11.7 Å². The number of pyridine rings is 1. The Kier molecular flexibility index (Phi) is 5.81. The number of nitrogens with zero attached hydrogens (tertiary/aromatic N) is 1. The van der Waals surface area contributed by atoms with Crippen molar-refractivity contribution in [3.05, 3.63) is 52.4 Å². The predicted molar refractivity (Wildman–Crippen MR) is 96.8 cm³/mol. The van der Waals surface area contributed by atoms with E-state index in [0.29, 0.717) is 23.0 Å². The van der Waals surface area contributed by atoms with Gasteiger partial charge >= 0.3 is 0 Å². The van der Waals surface area contributed by atoms with Crippen LogP contribution in [0.5, 0.6) is 5.88 Å². The minimum atomic E-state index is -0.391. The molecule has 0 radical (unpaired) electrons. The lowest BCUT2D eigenvalue weighted by atomic mass is 10.2. The Labute approximate surface area is 155 Å². The number of thioether (sulfide) groups is 1. The fourth-order valence-electron chi connectivity index (χ4n) is 2.31. The van der Waals surface area contributed by atoms with E-state index in [1.807, 2.05) is 6.26 Å². The number of amides is 1. The van der Waals surface area contributed by atoms with Crippen molar-refractivity contribution < 1.29 is 13.9 Å². The summed E-state index contributed by atoms with van der Waals surface area (Å²) in [5.74, 6) is 0.0841. The number of hydrogen-bond acceptors (Lipinski definition) is 4. The van der Waals surface area contributed by atoms with Gasteiger partial charge in [0.25, 0.3) is 5.91 Å². The van der Waals surface area contributed by atoms with Crippen LogP contribution in [-0.4, -0.2) is 23.8 Å². The van der Waals surface area contributed by atoms with Crippen LogP contribution >= 0.6 is 23.4 Å². The highest BCUT2D eigenvalue weighted by atomic mass is 35.5. The topological polar surface area (TPSA) is 51.2 Å². The van der Waals surface area contributed by atoms with Gasteiger partial charge in [-0.25, -0.2) is 9.37 Å². The number of rotatable bonds is 7. The number of benzene rings is 1. The molecule has 4 nitrogen and oxygen atoms in total. The Balaban J connectivity index is 1.69. The van der Waals surface area contributed by atoms with Gasteiger partial charge in [0.1, 0.15) is 11.4 Å². The Hall–Kier alpha value is -1.79. The molecule has 1 aromatic heterocycles. The second-order valence-corrected chi connectivity index (χ2v) is 7.13. The number of carbonyl (C=O) groups excluding carboxylic acids is 1. The van der Waals surface area contributed by atoms with Gasteiger partial charge in [-0.3, -0.25) is 4.79 Å². The van der Waals surface area contributed by atoms with Crippen LogP contribution in [0.3, 0.4) is 0 Å². The molecular formula is C18H18ClFN2O2S. The molecule has 1 heterocycles. The molecule has 0 saturated heterocycles. The first-order valence-corrected chi connectivity index (χ1v) is 9.56. The number of ether oxygens (including phenoxy) is 1. The molecule has 1 N–H and O–H groups in total. The number of aromatic nitrogens is 1. The van der Waals surface area contributed by atoms with Gasteiger partial charge in [0.15, 0.2) is 0 Å². The predicted octanol–water partition coefficient (Wildman–Crippen LogP) is 4.31. The maximum absolute atomic E-state index is 13.8. The van der Waals surface area contributed by atoms with Crippen molar-refractivity contribution in [2.45, 2.75) is 24.3 Å². The normalized spacial score (nSPS) is 13.6. The van der Waals surface area contributed by atoms with Crippen molar-refractivity contribution in [1.82, 2.24) is 10.3 Å². The van der Waals surface area contributed by atoms with Crippen molar-refractivity contribution in [2.24, 2.45) is 5.92 Å². The number of carbonyl (C=O) groups is 1. The van der Waals surface area contributed by atoms with Gasteiger partial charge in [-0.2, -0.15) is 0 Å². The van der Waals surface area contributed by atoms with Gasteiger partial charge < -0.3 is 10.1 Å². The zero-order chi connectivity index (χ0) is 17.8. The largest absolute Gasteiger partial charge is 0.477 e. The van der Waals surface area contributed by atoms with Gasteiger partial charge in [-0.1, -0.05) is 17.7 Å². The lowest BCUT2D eigenvalue weighted by Crippen LogP contribution is -2.24. The quantitative estimate of drug-likeness (QED) is 0.727. The Morgan fingerprint density at radius 3 is 2.92 bits per heavy atom. The van der Waals surface area contributed by atoms with E-state index in [9.17, 15) is 9.18 Å². The lowest BCUT2D eigenvalue weighted by molar-refractivity contribution is 0.0945. The molecule has 3 rings (SSSR count). The maximum Gasteiger partial charge on any atom is 0.258 e. The van der Waals surface area contributed by atoms with E-state index in [-0.39, 0.29) is 28.8 Å². The van der Waals surface area contributed by atoms with E-state index in [1.165, 1.54) is 24.0 Å². The second kappa shape index (κ2) is 8.06. The first-order chi connectivity index (χ1) is 12.1. The van der Waals surface area contributed by atoms with Crippen LogP contribution in [0.25, 0.3) is 0 Å². The summed E-state index contributed by atoms with van der Waals surface area (Å²) in [5.41, 5.74) is 0.884. The fourth-order valence-corrected chi connectivity index (χ4v) is 2.99. The SMILES string of the molecule is CSc1ccc(CNC(=O)c2c(Cl)ccnc2OCC2CC2)cc1F. The second-order valence-electron chi connectivity index (χ2n) is 5.88.